The van der Waals surface area contributed by atoms with Gasteiger partial charge >= 0.3 is 0 Å². The summed E-state index contributed by atoms with van der Waals surface area (Å²) in [5.74, 6) is 2.28. The highest BCUT2D eigenvalue weighted by molar-refractivity contribution is 6.03. The minimum absolute atomic E-state index is 0.287. The van der Waals surface area contributed by atoms with Gasteiger partial charge in [-0.15, -0.1) is 0 Å². The summed E-state index contributed by atoms with van der Waals surface area (Å²) in [4.78, 5) is 5.95. The van der Waals surface area contributed by atoms with Gasteiger partial charge in [0.15, 0.2) is 0 Å². The molecule has 0 aliphatic carbocycles. The van der Waals surface area contributed by atoms with Crippen molar-refractivity contribution >= 4 is 28.5 Å². The van der Waals surface area contributed by atoms with Gasteiger partial charge in [-0.05, 0) is 41.5 Å². The minimum Gasteiger partial charge on any atom is -0.497 e. The highest BCUT2D eigenvalue weighted by Crippen LogP contribution is 2.39. The van der Waals surface area contributed by atoms with Crippen LogP contribution in [0.4, 0.5) is 11.6 Å². The molecule has 4 rings (SSSR count). The maximum atomic E-state index is 6.30. The summed E-state index contributed by atoms with van der Waals surface area (Å²) in [6.45, 7) is 0. The number of furan rings is 1. The molecule has 30 heavy (non-hydrogen) atoms. The number of aliphatic imine (C=N–C) groups is 1. The molecule has 1 aromatic heterocycles. The summed E-state index contributed by atoms with van der Waals surface area (Å²) in [7, 11) is 4.92. The molecule has 2 N–H and O–H groups in total. The van der Waals surface area contributed by atoms with Gasteiger partial charge in [0.25, 0.3) is 0 Å². The number of fused-ring (bicyclic) bond motifs is 1. The van der Waals surface area contributed by atoms with Gasteiger partial charge in [-0.2, -0.15) is 0 Å². The Morgan fingerprint density at radius 2 is 1.70 bits per heavy atom. The minimum atomic E-state index is 0.287. The average Bonchev–Trinajstić information content (AvgIpc) is 3.22. The first-order chi connectivity index (χ1) is 14.6. The smallest absolute Gasteiger partial charge is 0.208 e. The van der Waals surface area contributed by atoms with Crippen LogP contribution in [-0.2, 0) is 0 Å². The predicted molar refractivity (Wildman–Crippen MR) is 121 cm³/mol. The third-order valence-corrected chi connectivity index (χ3v) is 4.91. The normalized spacial score (nSPS) is 11.5. The molecule has 0 atom stereocenters. The first kappa shape index (κ1) is 19.4. The number of hydrogen-bond acceptors (Lipinski definition) is 4. The lowest BCUT2D eigenvalue weighted by atomic mass is 10.0. The molecule has 1 heterocycles. The van der Waals surface area contributed by atoms with Gasteiger partial charge in [-0.1, -0.05) is 36.4 Å². The van der Waals surface area contributed by atoms with Gasteiger partial charge in [-0.3, -0.25) is 4.99 Å². The predicted octanol–water partition coefficient (Wildman–Crippen LogP) is 5.20. The third-order valence-electron chi connectivity index (χ3n) is 4.91. The summed E-state index contributed by atoms with van der Waals surface area (Å²) in [6, 6.07) is 23.5. The molecule has 0 aliphatic rings. The van der Waals surface area contributed by atoms with E-state index in [9.17, 15) is 0 Å². The van der Waals surface area contributed by atoms with Gasteiger partial charge in [0, 0.05) is 18.5 Å². The molecule has 6 nitrogen and oxygen atoms in total. The second-order valence-corrected chi connectivity index (χ2v) is 6.66. The fourth-order valence-corrected chi connectivity index (χ4v) is 3.38. The lowest BCUT2D eigenvalue weighted by Crippen LogP contribution is -2.33. The van der Waals surface area contributed by atoms with Crippen LogP contribution in [0.2, 0.25) is 0 Å². The standard InChI is InChI=1S/C24H23N3O3/c1-26-24(25)27(23-15-18-7-4-5-10-21(18)30-23)20-14-17(11-12-22(20)29-3)16-8-6-9-19(13-16)28-2/h4-15H,1-3H3,(H2,25,26). The van der Waals surface area contributed by atoms with Gasteiger partial charge in [0.1, 0.15) is 17.1 Å². The molecule has 0 fully saturated rings. The number of rotatable bonds is 5. The second-order valence-electron chi connectivity index (χ2n) is 6.66. The van der Waals surface area contributed by atoms with E-state index in [1.54, 1.807) is 26.2 Å². The Morgan fingerprint density at radius 3 is 2.43 bits per heavy atom. The van der Waals surface area contributed by atoms with E-state index in [0.717, 1.165) is 33.5 Å². The average molecular weight is 401 g/mol. The van der Waals surface area contributed by atoms with Gasteiger partial charge in [-0.25, -0.2) is 4.90 Å². The maximum Gasteiger partial charge on any atom is 0.208 e. The van der Waals surface area contributed by atoms with Crippen LogP contribution in [0.5, 0.6) is 11.5 Å². The fraction of sp³-hybridized carbons (Fsp3) is 0.125. The number of nitrogens with two attached hydrogens (primary N) is 1. The fourth-order valence-electron chi connectivity index (χ4n) is 3.38. The van der Waals surface area contributed by atoms with Crippen molar-refractivity contribution in [3.05, 3.63) is 72.8 Å². The quantitative estimate of drug-likeness (QED) is 0.368. The zero-order chi connectivity index (χ0) is 21.1. The lowest BCUT2D eigenvalue weighted by Gasteiger charge is -2.23. The summed E-state index contributed by atoms with van der Waals surface area (Å²) in [6.07, 6.45) is 0. The van der Waals surface area contributed by atoms with E-state index in [4.69, 9.17) is 19.6 Å². The molecule has 3 aromatic carbocycles. The highest BCUT2D eigenvalue weighted by Gasteiger charge is 2.22. The Hall–Kier alpha value is -3.93. The van der Waals surface area contributed by atoms with Crippen molar-refractivity contribution in [2.24, 2.45) is 10.7 Å². The summed E-state index contributed by atoms with van der Waals surface area (Å²) >= 11 is 0. The molecule has 0 aliphatic heterocycles. The van der Waals surface area contributed by atoms with Crippen molar-refractivity contribution in [1.82, 2.24) is 0 Å². The molecule has 6 heteroatoms. The Kier molecular flexibility index (Phi) is 5.30. The molecule has 0 amide bonds. The number of methoxy groups -OCH3 is 2. The van der Waals surface area contributed by atoms with E-state index in [1.807, 2.05) is 72.8 Å². The Balaban J connectivity index is 1.89. The van der Waals surface area contributed by atoms with E-state index in [0.29, 0.717) is 11.6 Å². The molecule has 0 unspecified atom stereocenters. The van der Waals surface area contributed by atoms with E-state index in [2.05, 4.69) is 4.99 Å². The van der Waals surface area contributed by atoms with Gasteiger partial charge < -0.3 is 19.6 Å². The summed E-state index contributed by atoms with van der Waals surface area (Å²) in [5.41, 5.74) is 9.78. The number of guanidine groups is 1. The van der Waals surface area contributed by atoms with Crippen LogP contribution in [0, 0.1) is 0 Å². The van der Waals surface area contributed by atoms with Crippen molar-refractivity contribution in [2.45, 2.75) is 0 Å². The number of hydrogen-bond donors (Lipinski definition) is 1. The molecule has 0 spiro atoms. The van der Waals surface area contributed by atoms with Crippen LogP contribution in [0.15, 0.2) is 82.2 Å². The van der Waals surface area contributed by atoms with E-state index >= 15 is 0 Å². The van der Waals surface area contributed by atoms with Crippen LogP contribution in [0.25, 0.3) is 22.1 Å². The van der Waals surface area contributed by atoms with Crippen molar-refractivity contribution in [3.63, 3.8) is 0 Å². The first-order valence-electron chi connectivity index (χ1n) is 9.48. The third kappa shape index (κ3) is 3.55. The molecule has 0 radical (unpaired) electrons. The Bertz CT molecular complexity index is 1180. The van der Waals surface area contributed by atoms with Crippen molar-refractivity contribution in [3.8, 4) is 22.6 Å². The second kappa shape index (κ2) is 8.21. The molecule has 0 bridgehead atoms. The molecule has 152 valence electrons. The van der Waals surface area contributed by atoms with Crippen LogP contribution < -0.4 is 20.1 Å². The molecular weight excluding hydrogens is 378 g/mol. The number of ether oxygens (including phenoxy) is 2. The van der Waals surface area contributed by atoms with Crippen molar-refractivity contribution < 1.29 is 13.9 Å². The number of para-hydroxylation sites is 1. The van der Waals surface area contributed by atoms with E-state index in [-0.39, 0.29) is 5.96 Å². The zero-order valence-electron chi connectivity index (χ0n) is 17.1. The Labute approximate surface area is 175 Å². The largest absolute Gasteiger partial charge is 0.497 e. The SMILES string of the molecule is CN=C(N)N(c1cc2ccccc2o1)c1cc(-c2cccc(OC)c2)ccc1OC. The van der Waals surface area contributed by atoms with Crippen molar-refractivity contribution in [2.75, 3.05) is 26.2 Å². The van der Waals surface area contributed by atoms with Crippen LogP contribution in [0.3, 0.4) is 0 Å². The highest BCUT2D eigenvalue weighted by atomic mass is 16.5. The number of benzene rings is 3. The van der Waals surface area contributed by atoms with Crippen LogP contribution in [-0.4, -0.2) is 27.2 Å². The molecule has 0 saturated heterocycles. The molecular formula is C24H23N3O3. The zero-order valence-corrected chi connectivity index (χ0v) is 17.1. The number of anilines is 2. The topological polar surface area (TPSA) is 73.2 Å². The van der Waals surface area contributed by atoms with Crippen LogP contribution >= 0.6 is 0 Å². The monoisotopic (exact) mass is 401 g/mol. The molecule has 0 saturated carbocycles. The van der Waals surface area contributed by atoms with E-state index in [1.165, 1.54) is 0 Å². The summed E-state index contributed by atoms with van der Waals surface area (Å²) in [5, 5.41) is 0.976. The summed E-state index contributed by atoms with van der Waals surface area (Å²) < 4.78 is 17.1. The van der Waals surface area contributed by atoms with Gasteiger partial charge in [0.2, 0.25) is 11.8 Å². The maximum absolute atomic E-state index is 6.30. The van der Waals surface area contributed by atoms with E-state index < -0.39 is 0 Å². The number of nitrogens with zero attached hydrogens (tertiary/aromatic N) is 2. The van der Waals surface area contributed by atoms with Crippen molar-refractivity contribution in [1.29, 1.82) is 0 Å². The van der Waals surface area contributed by atoms with Gasteiger partial charge in [0.05, 0.1) is 19.9 Å². The van der Waals surface area contributed by atoms with Crippen LogP contribution in [0.1, 0.15) is 0 Å². The Morgan fingerprint density at radius 1 is 0.900 bits per heavy atom. The lowest BCUT2D eigenvalue weighted by molar-refractivity contribution is 0.415. The molecule has 4 aromatic rings. The first-order valence-corrected chi connectivity index (χ1v) is 9.48.